The molecule has 0 radical (unpaired) electrons. The van der Waals surface area contributed by atoms with Crippen molar-refractivity contribution < 1.29 is 0 Å². The van der Waals surface area contributed by atoms with Crippen molar-refractivity contribution in [2.24, 2.45) is 16.9 Å². The highest BCUT2D eigenvalue weighted by Crippen LogP contribution is 2.44. The van der Waals surface area contributed by atoms with Crippen LogP contribution in [0.2, 0.25) is 0 Å². The number of thiophene rings is 1. The molecule has 1 aromatic heterocycles. The summed E-state index contributed by atoms with van der Waals surface area (Å²) >= 11 is 6.93. The Balaban J connectivity index is 1.45. The second-order valence-electron chi connectivity index (χ2n) is 5.14. The second-order valence-corrected chi connectivity index (χ2v) is 6.53. The lowest BCUT2D eigenvalue weighted by atomic mass is 9.96. The van der Waals surface area contributed by atoms with Crippen LogP contribution < -0.4 is 10.7 Å². The Morgan fingerprint density at radius 3 is 3.06 bits per heavy atom. The van der Waals surface area contributed by atoms with E-state index in [1.165, 1.54) is 25.7 Å². The van der Waals surface area contributed by atoms with Gasteiger partial charge in [0.2, 0.25) is 0 Å². The van der Waals surface area contributed by atoms with Gasteiger partial charge in [0.25, 0.3) is 0 Å². The zero-order chi connectivity index (χ0) is 12.4. The number of nitrogens with one attached hydrogen (secondary N) is 2. The molecule has 0 spiro atoms. The van der Waals surface area contributed by atoms with Crippen LogP contribution in [-0.2, 0) is 0 Å². The maximum atomic E-state index is 5.27. The molecule has 2 bridgehead atoms. The van der Waals surface area contributed by atoms with Crippen LogP contribution in [0.4, 0.5) is 0 Å². The smallest absolute Gasteiger partial charge is 0.187 e. The molecule has 1 heterocycles. The fourth-order valence-corrected chi connectivity index (χ4v) is 3.93. The molecule has 0 amide bonds. The minimum atomic E-state index is 0.570. The van der Waals surface area contributed by atoms with Crippen LogP contribution in [0.25, 0.3) is 0 Å². The number of rotatable bonds is 3. The van der Waals surface area contributed by atoms with Gasteiger partial charge in [0.15, 0.2) is 5.11 Å². The molecule has 0 saturated heterocycles. The van der Waals surface area contributed by atoms with Gasteiger partial charge >= 0.3 is 0 Å². The summed E-state index contributed by atoms with van der Waals surface area (Å²) in [6.07, 6.45) is 7.25. The van der Waals surface area contributed by atoms with Gasteiger partial charge in [0, 0.05) is 10.9 Å². The number of hydrazone groups is 1. The van der Waals surface area contributed by atoms with Gasteiger partial charge in [0.1, 0.15) is 0 Å². The molecule has 0 aromatic carbocycles. The molecule has 3 nitrogen and oxygen atoms in total. The van der Waals surface area contributed by atoms with E-state index in [0.717, 1.165) is 16.7 Å². The molecule has 2 saturated carbocycles. The van der Waals surface area contributed by atoms with Gasteiger partial charge in [-0.25, -0.2) is 0 Å². The Morgan fingerprint density at radius 2 is 2.39 bits per heavy atom. The highest BCUT2D eigenvalue weighted by atomic mass is 32.1. The first-order chi connectivity index (χ1) is 8.81. The average Bonchev–Trinajstić information content (AvgIpc) is 3.04. The lowest BCUT2D eigenvalue weighted by Gasteiger charge is -2.23. The van der Waals surface area contributed by atoms with E-state index < -0.39 is 0 Å². The fourth-order valence-electron chi connectivity index (χ4n) is 3.14. The Kier molecular flexibility index (Phi) is 3.61. The number of hydrogen-bond acceptors (Lipinski definition) is 3. The average molecular weight is 279 g/mol. The molecule has 2 aliphatic rings. The van der Waals surface area contributed by atoms with Crippen molar-refractivity contribution in [2.45, 2.75) is 31.7 Å². The molecular formula is C13H17N3S2. The van der Waals surface area contributed by atoms with Gasteiger partial charge < -0.3 is 5.32 Å². The second kappa shape index (κ2) is 5.36. The van der Waals surface area contributed by atoms with E-state index in [0.29, 0.717) is 11.2 Å². The van der Waals surface area contributed by atoms with Crippen LogP contribution in [0.5, 0.6) is 0 Å². The Bertz CT molecular complexity index is 441. The SMILES string of the molecule is S=C(N/N=C\c1cccs1)NC1CC2CCC1C2. The molecule has 2 aliphatic carbocycles. The molecule has 96 valence electrons. The summed E-state index contributed by atoms with van der Waals surface area (Å²) in [7, 11) is 0. The lowest BCUT2D eigenvalue weighted by Crippen LogP contribution is -2.42. The third-order valence-corrected chi connectivity index (χ3v) is 4.97. The monoisotopic (exact) mass is 279 g/mol. The summed E-state index contributed by atoms with van der Waals surface area (Å²) in [5, 5.41) is 10.2. The van der Waals surface area contributed by atoms with Crippen molar-refractivity contribution in [1.82, 2.24) is 10.7 Å². The fraction of sp³-hybridized carbons (Fsp3) is 0.538. The Hall–Kier alpha value is -0.940. The summed E-state index contributed by atoms with van der Waals surface area (Å²) in [6.45, 7) is 0. The molecule has 5 heteroatoms. The number of hydrogen-bond donors (Lipinski definition) is 2. The lowest BCUT2D eigenvalue weighted by molar-refractivity contribution is 0.389. The van der Waals surface area contributed by atoms with Crippen LogP contribution in [-0.4, -0.2) is 17.4 Å². The van der Waals surface area contributed by atoms with E-state index in [1.807, 2.05) is 17.5 Å². The number of thiocarbonyl (C=S) groups is 1. The summed E-state index contributed by atoms with van der Waals surface area (Å²) in [5.74, 6) is 1.76. The van der Waals surface area contributed by atoms with Gasteiger partial charge in [-0.05, 0) is 54.8 Å². The Morgan fingerprint density at radius 1 is 1.44 bits per heavy atom. The topological polar surface area (TPSA) is 36.4 Å². The first-order valence-electron chi connectivity index (χ1n) is 6.44. The molecule has 1 aromatic rings. The van der Waals surface area contributed by atoms with Crippen molar-refractivity contribution in [3.63, 3.8) is 0 Å². The molecule has 2 fully saturated rings. The number of fused-ring (bicyclic) bond motifs is 2. The standard InChI is InChI=1S/C13H17N3S2/c17-13(16-14-8-11-2-1-5-18-11)15-12-7-9-3-4-10(12)6-9/h1-2,5,8-10,12H,3-4,6-7H2,(H2,15,16,17)/b14-8-. The van der Waals surface area contributed by atoms with Crippen LogP contribution in [0.1, 0.15) is 30.6 Å². The van der Waals surface area contributed by atoms with Crippen LogP contribution >= 0.6 is 23.6 Å². The summed E-state index contributed by atoms with van der Waals surface area (Å²) < 4.78 is 0. The van der Waals surface area contributed by atoms with Crippen molar-refractivity contribution in [1.29, 1.82) is 0 Å². The first kappa shape index (κ1) is 12.1. The van der Waals surface area contributed by atoms with Gasteiger partial charge in [-0.3, -0.25) is 5.43 Å². The van der Waals surface area contributed by atoms with E-state index >= 15 is 0 Å². The van der Waals surface area contributed by atoms with Gasteiger partial charge in [0.05, 0.1) is 6.21 Å². The third-order valence-electron chi connectivity index (χ3n) is 3.96. The molecule has 3 rings (SSSR count). The molecule has 18 heavy (non-hydrogen) atoms. The highest BCUT2D eigenvalue weighted by Gasteiger charge is 2.39. The number of nitrogens with zero attached hydrogens (tertiary/aromatic N) is 1. The molecule has 2 N–H and O–H groups in total. The zero-order valence-corrected chi connectivity index (χ0v) is 11.8. The zero-order valence-electron chi connectivity index (χ0n) is 10.1. The predicted octanol–water partition coefficient (Wildman–Crippen LogP) is 2.73. The molecule has 0 aliphatic heterocycles. The maximum absolute atomic E-state index is 5.27. The minimum Gasteiger partial charge on any atom is -0.358 e. The van der Waals surface area contributed by atoms with E-state index in [9.17, 15) is 0 Å². The minimum absolute atomic E-state index is 0.570. The molecular weight excluding hydrogens is 262 g/mol. The van der Waals surface area contributed by atoms with Gasteiger partial charge in [-0.1, -0.05) is 12.5 Å². The third kappa shape index (κ3) is 2.72. The Labute approximate surface area is 117 Å². The summed E-state index contributed by atoms with van der Waals surface area (Å²) in [5.41, 5.74) is 2.90. The van der Waals surface area contributed by atoms with E-state index in [4.69, 9.17) is 12.2 Å². The van der Waals surface area contributed by atoms with Gasteiger partial charge in [-0.2, -0.15) is 5.10 Å². The van der Waals surface area contributed by atoms with Crippen molar-refractivity contribution in [3.05, 3.63) is 22.4 Å². The first-order valence-corrected chi connectivity index (χ1v) is 7.73. The molecule has 3 unspecified atom stereocenters. The maximum Gasteiger partial charge on any atom is 0.187 e. The highest BCUT2D eigenvalue weighted by molar-refractivity contribution is 7.80. The van der Waals surface area contributed by atoms with Crippen molar-refractivity contribution >= 4 is 34.9 Å². The van der Waals surface area contributed by atoms with E-state index in [2.05, 4.69) is 15.8 Å². The van der Waals surface area contributed by atoms with E-state index in [-0.39, 0.29) is 0 Å². The van der Waals surface area contributed by atoms with Crippen LogP contribution in [0.3, 0.4) is 0 Å². The predicted molar refractivity (Wildman–Crippen MR) is 80.0 cm³/mol. The molecule has 3 atom stereocenters. The van der Waals surface area contributed by atoms with Crippen molar-refractivity contribution in [3.8, 4) is 0 Å². The quantitative estimate of drug-likeness (QED) is 0.507. The van der Waals surface area contributed by atoms with E-state index in [1.54, 1.807) is 17.6 Å². The van der Waals surface area contributed by atoms with Crippen molar-refractivity contribution in [2.75, 3.05) is 0 Å². The summed E-state index contributed by atoms with van der Waals surface area (Å²) in [4.78, 5) is 1.13. The summed E-state index contributed by atoms with van der Waals surface area (Å²) in [6, 6.07) is 4.61. The van der Waals surface area contributed by atoms with Crippen LogP contribution in [0, 0.1) is 11.8 Å². The van der Waals surface area contributed by atoms with Gasteiger partial charge in [-0.15, -0.1) is 11.3 Å². The normalized spacial score (nSPS) is 29.9. The van der Waals surface area contributed by atoms with Crippen LogP contribution in [0.15, 0.2) is 22.6 Å². The largest absolute Gasteiger partial charge is 0.358 e.